The molecule has 2 aromatic rings. The van der Waals surface area contributed by atoms with Crippen LogP contribution in [0.1, 0.15) is 0 Å². The second-order valence-electron chi connectivity index (χ2n) is 3.67. The second-order valence-corrected chi connectivity index (χ2v) is 4.99. The van der Waals surface area contributed by atoms with Crippen LogP contribution in [0.25, 0.3) is 0 Å². The van der Waals surface area contributed by atoms with Gasteiger partial charge in [0.05, 0.1) is 9.95 Å². The van der Waals surface area contributed by atoms with E-state index in [-0.39, 0.29) is 10.8 Å². The van der Waals surface area contributed by atoms with Gasteiger partial charge in [-0.25, -0.2) is 4.39 Å². The molecule has 4 nitrogen and oxygen atoms in total. The highest BCUT2D eigenvalue weighted by Gasteiger charge is 2.24. The van der Waals surface area contributed by atoms with Gasteiger partial charge in [-0.05, 0) is 18.2 Å². The fourth-order valence-electron chi connectivity index (χ4n) is 1.47. The number of ether oxygens (including phenoxy) is 1. The van der Waals surface area contributed by atoms with E-state index < -0.39 is 28.0 Å². The summed E-state index contributed by atoms with van der Waals surface area (Å²) in [5.41, 5.74) is -0.956. The Labute approximate surface area is 125 Å². The molecule has 0 heterocycles. The molecule has 0 amide bonds. The maximum Gasteiger partial charge on any atom is 0.347 e. The quantitative estimate of drug-likeness (QED) is 0.563. The Morgan fingerprint density at radius 3 is 2.55 bits per heavy atom. The largest absolute Gasteiger partial charge is 0.448 e. The van der Waals surface area contributed by atoms with Crippen LogP contribution in [0.3, 0.4) is 0 Å². The Bertz CT molecular complexity index is 697. The lowest BCUT2D eigenvalue weighted by Gasteiger charge is -2.09. The molecule has 0 atom stereocenters. The van der Waals surface area contributed by atoms with Crippen molar-refractivity contribution in [3.8, 4) is 11.5 Å². The van der Waals surface area contributed by atoms with E-state index in [4.69, 9.17) is 16.3 Å². The Balaban J connectivity index is 2.53. The van der Waals surface area contributed by atoms with Crippen LogP contribution in [-0.2, 0) is 0 Å². The van der Waals surface area contributed by atoms with Crippen LogP contribution in [0.5, 0.6) is 11.5 Å². The lowest BCUT2D eigenvalue weighted by Crippen LogP contribution is -1.98. The molecule has 0 bridgehead atoms. The van der Waals surface area contributed by atoms with Crippen molar-refractivity contribution in [1.29, 1.82) is 0 Å². The van der Waals surface area contributed by atoms with Crippen molar-refractivity contribution in [2.75, 3.05) is 0 Å². The standard InChI is InChI=1S/C12H5BrClF2NO3/c13-6-1-2-8(14)10(3-6)20-11-5-7(15)4-9(16)12(11)17(18)19/h1-5H. The van der Waals surface area contributed by atoms with Gasteiger partial charge in [0.25, 0.3) is 0 Å². The average molecular weight is 365 g/mol. The summed E-state index contributed by atoms with van der Waals surface area (Å²) in [5.74, 6) is -2.84. The second kappa shape index (κ2) is 5.72. The highest BCUT2D eigenvalue weighted by molar-refractivity contribution is 9.10. The fourth-order valence-corrected chi connectivity index (χ4v) is 1.97. The van der Waals surface area contributed by atoms with Crippen LogP contribution in [0, 0.1) is 21.7 Å². The number of nitrogens with zero attached hydrogens (tertiary/aromatic N) is 1. The Morgan fingerprint density at radius 2 is 1.90 bits per heavy atom. The number of hydrogen-bond acceptors (Lipinski definition) is 3. The summed E-state index contributed by atoms with van der Waals surface area (Å²) in [5, 5.41) is 11.0. The number of benzene rings is 2. The lowest BCUT2D eigenvalue weighted by molar-refractivity contribution is -0.388. The van der Waals surface area contributed by atoms with E-state index in [0.29, 0.717) is 10.5 Å². The molecule has 20 heavy (non-hydrogen) atoms. The zero-order valence-corrected chi connectivity index (χ0v) is 11.9. The van der Waals surface area contributed by atoms with Gasteiger partial charge in [0.2, 0.25) is 11.6 Å². The smallest absolute Gasteiger partial charge is 0.347 e. The van der Waals surface area contributed by atoms with Crippen molar-refractivity contribution in [2.45, 2.75) is 0 Å². The molecular weight excluding hydrogens is 359 g/mol. The number of nitro groups is 1. The number of halogens is 4. The van der Waals surface area contributed by atoms with Gasteiger partial charge in [0.15, 0.2) is 0 Å². The molecule has 0 N–H and O–H groups in total. The summed E-state index contributed by atoms with van der Waals surface area (Å²) >= 11 is 9.02. The summed E-state index contributed by atoms with van der Waals surface area (Å²) < 4.78 is 32.4. The minimum absolute atomic E-state index is 0.0362. The molecule has 0 unspecified atom stereocenters. The molecule has 0 aliphatic carbocycles. The minimum atomic E-state index is -1.32. The lowest BCUT2D eigenvalue weighted by atomic mass is 10.2. The zero-order valence-electron chi connectivity index (χ0n) is 9.57. The van der Waals surface area contributed by atoms with Crippen molar-refractivity contribution in [2.24, 2.45) is 0 Å². The molecule has 104 valence electrons. The van der Waals surface area contributed by atoms with E-state index in [1.54, 1.807) is 6.07 Å². The summed E-state index contributed by atoms with van der Waals surface area (Å²) in [4.78, 5) is 9.83. The van der Waals surface area contributed by atoms with E-state index in [1.807, 2.05) is 0 Å². The molecule has 8 heteroatoms. The molecule has 2 aromatic carbocycles. The van der Waals surface area contributed by atoms with Gasteiger partial charge in [-0.3, -0.25) is 10.1 Å². The van der Waals surface area contributed by atoms with E-state index in [9.17, 15) is 18.9 Å². The maximum absolute atomic E-state index is 13.4. The molecular formula is C12H5BrClF2NO3. The Kier molecular flexibility index (Phi) is 4.20. The summed E-state index contributed by atoms with van der Waals surface area (Å²) in [7, 11) is 0. The van der Waals surface area contributed by atoms with Crippen LogP contribution < -0.4 is 4.74 Å². The van der Waals surface area contributed by atoms with Crippen LogP contribution in [0.2, 0.25) is 5.02 Å². The van der Waals surface area contributed by atoms with Crippen molar-refractivity contribution in [3.63, 3.8) is 0 Å². The molecule has 0 fully saturated rings. The molecule has 0 aliphatic rings. The first-order chi connectivity index (χ1) is 9.38. The van der Waals surface area contributed by atoms with Crippen LogP contribution in [-0.4, -0.2) is 4.92 Å². The normalized spacial score (nSPS) is 10.4. The summed E-state index contributed by atoms with van der Waals surface area (Å²) in [6.45, 7) is 0. The van der Waals surface area contributed by atoms with E-state index in [2.05, 4.69) is 15.9 Å². The molecule has 0 radical (unpaired) electrons. The average Bonchev–Trinajstić information content (AvgIpc) is 2.32. The molecule has 0 aliphatic heterocycles. The maximum atomic E-state index is 13.4. The van der Waals surface area contributed by atoms with Crippen molar-refractivity contribution in [3.05, 3.63) is 61.6 Å². The van der Waals surface area contributed by atoms with Gasteiger partial charge < -0.3 is 4.74 Å². The first-order valence-electron chi connectivity index (χ1n) is 5.15. The first kappa shape index (κ1) is 14.7. The molecule has 0 aromatic heterocycles. The third-order valence-corrected chi connectivity index (χ3v) is 3.09. The predicted molar refractivity (Wildman–Crippen MR) is 72.2 cm³/mol. The third-order valence-electron chi connectivity index (χ3n) is 2.29. The highest BCUT2D eigenvalue weighted by atomic mass is 79.9. The fraction of sp³-hybridized carbons (Fsp3) is 0. The van der Waals surface area contributed by atoms with Crippen LogP contribution in [0.4, 0.5) is 14.5 Å². The van der Waals surface area contributed by atoms with Gasteiger partial charge in [0, 0.05) is 16.6 Å². The molecule has 0 saturated heterocycles. The number of nitro benzene ring substituents is 1. The van der Waals surface area contributed by atoms with Crippen LogP contribution >= 0.6 is 27.5 Å². The van der Waals surface area contributed by atoms with E-state index in [1.165, 1.54) is 12.1 Å². The number of rotatable bonds is 3. The summed E-state index contributed by atoms with van der Waals surface area (Å²) in [6.07, 6.45) is 0. The number of hydrogen-bond donors (Lipinski definition) is 0. The van der Waals surface area contributed by atoms with Crippen molar-refractivity contribution >= 4 is 33.2 Å². The SMILES string of the molecule is O=[N+]([O-])c1c(F)cc(F)cc1Oc1cc(Br)ccc1Cl. The predicted octanol–water partition coefficient (Wildman–Crippen LogP) is 5.08. The van der Waals surface area contributed by atoms with Crippen molar-refractivity contribution < 1.29 is 18.4 Å². The van der Waals surface area contributed by atoms with Gasteiger partial charge in [-0.2, -0.15) is 4.39 Å². The van der Waals surface area contributed by atoms with Crippen molar-refractivity contribution in [1.82, 2.24) is 0 Å². The summed E-state index contributed by atoms with van der Waals surface area (Å²) in [6, 6.07) is 5.65. The van der Waals surface area contributed by atoms with Gasteiger partial charge in [0.1, 0.15) is 11.6 Å². The molecule has 0 spiro atoms. The minimum Gasteiger partial charge on any atom is -0.448 e. The van der Waals surface area contributed by atoms with E-state index >= 15 is 0 Å². The van der Waals surface area contributed by atoms with E-state index in [0.717, 1.165) is 6.07 Å². The molecule has 2 rings (SSSR count). The van der Waals surface area contributed by atoms with Crippen LogP contribution in [0.15, 0.2) is 34.8 Å². The first-order valence-corrected chi connectivity index (χ1v) is 6.32. The Hall–Kier alpha value is -1.73. The van der Waals surface area contributed by atoms with Gasteiger partial charge in [-0.15, -0.1) is 0 Å². The van der Waals surface area contributed by atoms with Gasteiger partial charge >= 0.3 is 5.69 Å². The topological polar surface area (TPSA) is 52.4 Å². The Morgan fingerprint density at radius 1 is 1.20 bits per heavy atom. The zero-order chi connectivity index (χ0) is 14.9. The third kappa shape index (κ3) is 3.05. The van der Waals surface area contributed by atoms with Gasteiger partial charge in [-0.1, -0.05) is 27.5 Å². The monoisotopic (exact) mass is 363 g/mol. The highest BCUT2D eigenvalue weighted by Crippen LogP contribution is 2.38. The molecule has 0 saturated carbocycles.